The van der Waals surface area contributed by atoms with Crippen LogP contribution in [-0.4, -0.2) is 18.2 Å². The first-order valence-electron chi connectivity index (χ1n) is 6.96. The summed E-state index contributed by atoms with van der Waals surface area (Å²) in [6.45, 7) is 0.892. The SMILES string of the molecule is N#Cc1ccc(OCCOc2ccc3ncccc3c2)cc1. The molecule has 0 atom stereocenters. The minimum Gasteiger partial charge on any atom is -0.490 e. The molecule has 0 aliphatic heterocycles. The number of nitrogens with zero attached hydrogens (tertiary/aromatic N) is 2. The highest BCUT2D eigenvalue weighted by Crippen LogP contribution is 2.19. The molecule has 0 radical (unpaired) electrons. The van der Waals surface area contributed by atoms with Gasteiger partial charge < -0.3 is 9.47 Å². The second-order valence-corrected chi connectivity index (χ2v) is 4.69. The standard InChI is InChI=1S/C18H14N2O2/c19-13-14-3-5-16(6-4-14)21-10-11-22-17-7-8-18-15(12-17)2-1-9-20-18/h1-9,12H,10-11H2. The Bertz CT molecular complexity index is 807. The lowest BCUT2D eigenvalue weighted by Gasteiger charge is -2.09. The predicted molar refractivity (Wildman–Crippen MR) is 83.9 cm³/mol. The molecule has 3 aromatic rings. The smallest absolute Gasteiger partial charge is 0.122 e. The molecular formula is C18H14N2O2. The fourth-order valence-electron chi connectivity index (χ4n) is 2.09. The summed E-state index contributed by atoms with van der Waals surface area (Å²) in [7, 11) is 0. The van der Waals surface area contributed by atoms with Crippen molar-refractivity contribution in [3.63, 3.8) is 0 Å². The van der Waals surface area contributed by atoms with E-state index in [1.165, 1.54) is 0 Å². The Morgan fingerprint density at radius 2 is 1.64 bits per heavy atom. The second kappa shape index (κ2) is 6.59. The summed E-state index contributed by atoms with van der Waals surface area (Å²) in [5.41, 5.74) is 1.57. The van der Waals surface area contributed by atoms with Crippen molar-refractivity contribution in [2.45, 2.75) is 0 Å². The number of pyridine rings is 1. The molecule has 22 heavy (non-hydrogen) atoms. The molecule has 0 unspecified atom stereocenters. The van der Waals surface area contributed by atoms with Gasteiger partial charge in [0.2, 0.25) is 0 Å². The summed E-state index contributed by atoms with van der Waals surface area (Å²) in [5, 5.41) is 9.78. The molecule has 0 saturated carbocycles. The van der Waals surface area contributed by atoms with Gasteiger partial charge in [-0.05, 0) is 48.5 Å². The van der Waals surface area contributed by atoms with Gasteiger partial charge in [0.25, 0.3) is 0 Å². The number of hydrogen-bond acceptors (Lipinski definition) is 4. The van der Waals surface area contributed by atoms with Crippen LogP contribution in [-0.2, 0) is 0 Å². The molecule has 1 heterocycles. The Morgan fingerprint density at radius 1 is 0.909 bits per heavy atom. The monoisotopic (exact) mass is 290 g/mol. The third kappa shape index (κ3) is 3.33. The van der Waals surface area contributed by atoms with Gasteiger partial charge in [-0.3, -0.25) is 4.98 Å². The first-order valence-corrected chi connectivity index (χ1v) is 6.96. The molecule has 108 valence electrons. The molecule has 0 spiro atoms. The highest BCUT2D eigenvalue weighted by molar-refractivity contribution is 5.79. The van der Waals surface area contributed by atoms with E-state index in [1.54, 1.807) is 30.5 Å². The Kier molecular flexibility index (Phi) is 4.17. The Labute approximate surface area is 128 Å². The van der Waals surface area contributed by atoms with Crippen LogP contribution >= 0.6 is 0 Å². The van der Waals surface area contributed by atoms with Gasteiger partial charge >= 0.3 is 0 Å². The van der Waals surface area contributed by atoms with Crippen LogP contribution < -0.4 is 9.47 Å². The van der Waals surface area contributed by atoms with E-state index in [-0.39, 0.29) is 0 Å². The number of nitriles is 1. The summed E-state index contributed by atoms with van der Waals surface area (Å²) in [4.78, 5) is 4.27. The normalized spacial score (nSPS) is 10.1. The summed E-state index contributed by atoms with van der Waals surface area (Å²) in [6.07, 6.45) is 1.77. The number of aromatic nitrogens is 1. The van der Waals surface area contributed by atoms with Gasteiger partial charge in [-0.15, -0.1) is 0 Å². The molecule has 0 amide bonds. The number of benzene rings is 2. The maximum Gasteiger partial charge on any atom is 0.122 e. The Morgan fingerprint density at radius 3 is 2.41 bits per heavy atom. The fourth-order valence-corrected chi connectivity index (χ4v) is 2.09. The van der Waals surface area contributed by atoms with Gasteiger partial charge in [-0.2, -0.15) is 5.26 Å². The van der Waals surface area contributed by atoms with Crippen molar-refractivity contribution in [2.24, 2.45) is 0 Å². The Balaban J connectivity index is 1.52. The molecule has 4 heteroatoms. The van der Waals surface area contributed by atoms with Crippen LogP contribution in [0.4, 0.5) is 0 Å². The van der Waals surface area contributed by atoms with Crippen LogP contribution in [0, 0.1) is 11.3 Å². The van der Waals surface area contributed by atoms with Crippen molar-refractivity contribution in [1.29, 1.82) is 5.26 Å². The zero-order valence-corrected chi connectivity index (χ0v) is 11.9. The minimum atomic E-state index is 0.441. The summed E-state index contributed by atoms with van der Waals surface area (Å²) >= 11 is 0. The molecule has 0 bridgehead atoms. The Hall–Kier alpha value is -3.06. The summed E-state index contributed by atoms with van der Waals surface area (Å²) in [6, 6.07) is 18.8. The maximum absolute atomic E-state index is 8.73. The van der Waals surface area contributed by atoms with Crippen LogP contribution in [0.3, 0.4) is 0 Å². The van der Waals surface area contributed by atoms with E-state index in [1.807, 2.05) is 30.3 Å². The topological polar surface area (TPSA) is 55.1 Å². The number of hydrogen-bond donors (Lipinski definition) is 0. The quantitative estimate of drug-likeness (QED) is 0.674. The lowest BCUT2D eigenvalue weighted by Crippen LogP contribution is -2.08. The molecule has 0 aliphatic rings. The molecule has 0 fully saturated rings. The van der Waals surface area contributed by atoms with Crippen molar-refractivity contribution >= 4 is 10.9 Å². The van der Waals surface area contributed by atoms with E-state index in [0.717, 1.165) is 22.4 Å². The molecule has 4 nitrogen and oxygen atoms in total. The third-order valence-corrected chi connectivity index (χ3v) is 3.18. The zero-order chi connectivity index (χ0) is 15.2. The van der Waals surface area contributed by atoms with E-state index < -0.39 is 0 Å². The third-order valence-electron chi connectivity index (χ3n) is 3.18. The van der Waals surface area contributed by atoms with E-state index in [2.05, 4.69) is 11.1 Å². The average Bonchev–Trinajstić information content (AvgIpc) is 2.59. The number of rotatable bonds is 5. The lowest BCUT2D eigenvalue weighted by atomic mass is 10.2. The second-order valence-electron chi connectivity index (χ2n) is 4.69. The largest absolute Gasteiger partial charge is 0.490 e. The van der Waals surface area contributed by atoms with Crippen molar-refractivity contribution in [1.82, 2.24) is 4.98 Å². The van der Waals surface area contributed by atoms with E-state index in [9.17, 15) is 0 Å². The molecule has 1 aromatic heterocycles. The van der Waals surface area contributed by atoms with Gasteiger partial charge in [0.1, 0.15) is 24.7 Å². The van der Waals surface area contributed by atoms with Gasteiger partial charge in [0.15, 0.2) is 0 Å². The van der Waals surface area contributed by atoms with Crippen LogP contribution in [0.15, 0.2) is 60.8 Å². The maximum atomic E-state index is 8.73. The van der Waals surface area contributed by atoms with Gasteiger partial charge in [-0.25, -0.2) is 0 Å². The summed E-state index contributed by atoms with van der Waals surface area (Å²) < 4.78 is 11.2. The molecule has 3 rings (SSSR count). The molecule has 0 aliphatic carbocycles. The number of fused-ring (bicyclic) bond motifs is 1. The van der Waals surface area contributed by atoms with Gasteiger partial charge in [0.05, 0.1) is 17.1 Å². The van der Waals surface area contributed by atoms with Crippen LogP contribution in [0.25, 0.3) is 10.9 Å². The predicted octanol–water partition coefficient (Wildman–Crippen LogP) is 3.56. The zero-order valence-electron chi connectivity index (χ0n) is 11.9. The van der Waals surface area contributed by atoms with Crippen molar-refractivity contribution in [3.05, 3.63) is 66.4 Å². The summed E-state index contributed by atoms with van der Waals surface area (Å²) in [5.74, 6) is 1.52. The minimum absolute atomic E-state index is 0.441. The van der Waals surface area contributed by atoms with E-state index in [4.69, 9.17) is 14.7 Å². The van der Waals surface area contributed by atoms with E-state index in [0.29, 0.717) is 18.8 Å². The van der Waals surface area contributed by atoms with Crippen LogP contribution in [0.2, 0.25) is 0 Å². The van der Waals surface area contributed by atoms with Crippen molar-refractivity contribution < 1.29 is 9.47 Å². The van der Waals surface area contributed by atoms with Gasteiger partial charge in [0, 0.05) is 11.6 Å². The molecular weight excluding hydrogens is 276 g/mol. The first-order chi connectivity index (χ1) is 10.8. The first kappa shape index (κ1) is 13.9. The highest BCUT2D eigenvalue weighted by Gasteiger charge is 1.99. The molecule has 2 aromatic carbocycles. The molecule has 0 N–H and O–H groups in total. The van der Waals surface area contributed by atoms with Crippen molar-refractivity contribution in [2.75, 3.05) is 13.2 Å². The molecule has 0 saturated heterocycles. The lowest BCUT2D eigenvalue weighted by molar-refractivity contribution is 0.217. The van der Waals surface area contributed by atoms with Crippen LogP contribution in [0.1, 0.15) is 5.56 Å². The van der Waals surface area contributed by atoms with Gasteiger partial charge in [-0.1, -0.05) is 6.07 Å². The average molecular weight is 290 g/mol. The van der Waals surface area contributed by atoms with Crippen LogP contribution in [0.5, 0.6) is 11.5 Å². The van der Waals surface area contributed by atoms with Crippen molar-refractivity contribution in [3.8, 4) is 17.6 Å². The van der Waals surface area contributed by atoms with E-state index >= 15 is 0 Å². The number of ether oxygens (including phenoxy) is 2. The highest BCUT2D eigenvalue weighted by atomic mass is 16.5. The fraction of sp³-hybridized carbons (Fsp3) is 0.111.